The third-order valence-electron chi connectivity index (χ3n) is 2.98. The van der Waals surface area contributed by atoms with Crippen LogP contribution in [-0.2, 0) is 0 Å². The second-order valence-electron chi connectivity index (χ2n) is 4.21. The fourth-order valence-corrected chi connectivity index (χ4v) is 2.21. The van der Waals surface area contributed by atoms with Crippen LogP contribution in [0, 0.1) is 0 Å². The molecule has 18 heavy (non-hydrogen) atoms. The Kier molecular flexibility index (Phi) is 3.65. The summed E-state index contributed by atoms with van der Waals surface area (Å²) in [6, 6.07) is 10.2. The van der Waals surface area contributed by atoms with E-state index in [0.717, 1.165) is 16.8 Å². The van der Waals surface area contributed by atoms with E-state index in [1.165, 1.54) is 10.8 Å². The number of anilines is 1. The summed E-state index contributed by atoms with van der Waals surface area (Å²) in [7, 11) is 0. The summed E-state index contributed by atoms with van der Waals surface area (Å²) in [5.74, 6) is 0. The number of nitrogen functional groups attached to an aromatic ring is 1. The van der Waals surface area contributed by atoms with Gasteiger partial charge in [0.25, 0.3) is 0 Å². The van der Waals surface area contributed by atoms with Gasteiger partial charge in [0.15, 0.2) is 0 Å². The summed E-state index contributed by atoms with van der Waals surface area (Å²) in [6.45, 7) is 1.93. The average molecular weight is 242 g/mol. The lowest BCUT2D eigenvalue weighted by atomic mass is 9.90. The van der Waals surface area contributed by atoms with Crippen molar-refractivity contribution in [1.29, 1.82) is 0 Å². The van der Waals surface area contributed by atoms with Crippen molar-refractivity contribution in [1.82, 2.24) is 0 Å². The zero-order valence-corrected chi connectivity index (χ0v) is 10.4. The number of aliphatic hydroxyl groups excluding tert-OH is 1. The van der Waals surface area contributed by atoms with E-state index in [9.17, 15) is 0 Å². The second-order valence-corrected chi connectivity index (χ2v) is 4.21. The van der Waals surface area contributed by atoms with Crippen molar-refractivity contribution in [3.05, 3.63) is 47.5 Å². The van der Waals surface area contributed by atoms with Crippen LogP contribution in [0.25, 0.3) is 16.8 Å². The van der Waals surface area contributed by atoms with Gasteiger partial charge in [-0.1, -0.05) is 36.4 Å². The second kappa shape index (κ2) is 5.21. The van der Waals surface area contributed by atoms with Gasteiger partial charge >= 0.3 is 0 Å². The van der Waals surface area contributed by atoms with E-state index in [2.05, 4.69) is 12.1 Å². The fourth-order valence-electron chi connectivity index (χ4n) is 2.21. The maximum absolute atomic E-state index is 7.57. The molecule has 0 aromatic heterocycles. The van der Waals surface area contributed by atoms with Crippen LogP contribution in [0.4, 0.5) is 5.69 Å². The van der Waals surface area contributed by atoms with Crippen LogP contribution in [0.5, 0.6) is 0 Å². The molecule has 0 fully saturated rings. The predicted octanol–water partition coefficient (Wildman–Crippen LogP) is 2.45. The molecule has 1 aliphatic rings. The van der Waals surface area contributed by atoms with Crippen molar-refractivity contribution < 1.29 is 5.11 Å². The zero-order chi connectivity index (χ0) is 13.1. The molecule has 1 aliphatic carbocycles. The van der Waals surface area contributed by atoms with Crippen LogP contribution >= 0.6 is 0 Å². The van der Waals surface area contributed by atoms with Gasteiger partial charge in [0, 0.05) is 23.9 Å². The molecule has 94 valence electrons. The normalized spacial score (nSPS) is 16.3. The third kappa shape index (κ3) is 2.10. The maximum atomic E-state index is 7.57. The minimum absolute atomic E-state index is 0.0111. The molecule has 0 spiro atoms. The quantitative estimate of drug-likeness (QED) is 0.621. The van der Waals surface area contributed by atoms with Gasteiger partial charge in [-0.25, -0.2) is 0 Å². The molecule has 0 saturated heterocycles. The monoisotopic (exact) mass is 242 g/mol. The lowest BCUT2D eigenvalue weighted by molar-refractivity contribution is 0.318. The lowest BCUT2D eigenvalue weighted by Crippen LogP contribution is -2.11. The molecule has 0 heterocycles. The fraction of sp³-hybridized carbons (Fsp3) is 0.200. The summed E-state index contributed by atoms with van der Waals surface area (Å²) in [5, 5.41) is 9.98. The Labute approximate surface area is 107 Å². The van der Waals surface area contributed by atoms with E-state index in [4.69, 9.17) is 16.6 Å². The Morgan fingerprint density at radius 1 is 1.22 bits per heavy atom. The Morgan fingerprint density at radius 2 is 1.94 bits per heavy atom. The van der Waals surface area contributed by atoms with Crippen LogP contribution < -0.4 is 11.5 Å². The molecule has 0 saturated carbocycles. The summed E-state index contributed by atoms with van der Waals surface area (Å²) >= 11 is 0. The van der Waals surface area contributed by atoms with E-state index < -0.39 is 0 Å². The number of nitrogens with two attached hydrogens (primary N) is 2. The van der Waals surface area contributed by atoms with E-state index in [1.807, 2.05) is 30.4 Å². The van der Waals surface area contributed by atoms with Gasteiger partial charge in [-0.3, -0.25) is 0 Å². The lowest BCUT2D eigenvalue weighted by Gasteiger charge is -2.19. The van der Waals surface area contributed by atoms with Crippen LogP contribution in [0.3, 0.4) is 0 Å². The molecule has 3 nitrogen and oxygen atoms in total. The standard InChI is InChI=1S/C13H12N2.C2H6O/c14-11-6-4-8-2-1-3-9-12(15)7-5-10(11)13(8)9;1-2-3/h1-7,12H,14-15H2;3H,2H2,1H3. The average Bonchev–Trinajstić information content (AvgIpc) is 2.37. The maximum Gasteiger partial charge on any atom is 0.0490 e. The van der Waals surface area contributed by atoms with E-state index in [1.54, 1.807) is 6.92 Å². The first kappa shape index (κ1) is 12.6. The number of hydrogen-bond acceptors (Lipinski definition) is 3. The minimum Gasteiger partial charge on any atom is -0.398 e. The summed E-state index contributed by atoms with van der Waals surface area (Å²) in [4.78, 5) is 0. The van der Waals surface area contributed by atoms with Gasteiger partial charge in [0.05, 0.1) is 0 Å². The highest BCUT2D eigenvalue weighted by atomic mass is 16.2. The van der Waals surface area contributed by atoms with Crippen molar-refractivity contribution in [2.24, 2.45) is 5.73 Å². The van der Waals surface area contributed by atoms with Gasteiger partial charge in [-0.05, 0) is 29.3 Å². The molecule has 1 unspecified atom stereocenters. The number of rotatable bonds is 0. The van der Waals surface area contributed by atoms with Gasteiger partial charge in [-0.15, -0.1) is 0 Å². The van der Waals surface area contributed by atoms with Crippen LogP contribution in [0.1, 0.15) is 24.1 Å². The molecule has 0 radical (unpaired) electrons. The molecule has 0 aliphatic heterocycles. The number of aliphatic hydroxyl groups is 1. The summed E-state index contributed by atoms with van der Waals surface area (Å²) in [5.41, 5.74) is 15.1. The number of benzene rings is 2. The predicted molar refractivity (Wildman–Crippen MR) is 77.1 cm³/mol. The van der Waals surface area contributed by atoms with Crippen LogP contribution in [0.15, 0.2) is 36.4 Å². The Balaban J connectivity index is 0.000000367. The summed E-state index contributed by atoms with van der Waals surface area (Å²) in [6.07, 6.45) is 4.02. The first-order valence-electron chi connectivity index (χ1n) is 6.04. The van der Waals surface area contributed by atoms with E-state index >= 15 is 0 Å². The van der Waals surface area contributed by atoms with Crippen molar-refractivity contribution in [2.45, 2.75) is 13.0 Å². The van der Waals surface area contributed by atoms with Crippen molar-refractivity contribution in [2.75, 3.05) is 12.3 Å². The zero-order valence-electron chi connectivity index (χ0n) is 10.4. The highest BCUT2D eigenvalue weighted by molar-refractivity contribution is 5.99. The molecule has 3 heteroatoms. The third-order valence-corrected chi connectivity index (χ3v) is 2.98. The van der Waals surface area contributed by atoms with Crippen molar-refractivity contribution >= 4 is 22.5 Å². The molecule has 0 amide bonds. The highest BCUT2D eigenvalue weighted by Crippen LogP contribution is 2.35. The Bertz CT molecular complexity index is 590. The van der Waals surface area contributed by atoms with Crippen molar-refractivity contribution in [3.63, 3.8) is 0 Å². The topological polar surface area (TPSA) is 72.3 Å². The van der Waals surface area contributed by atoms with Gasteiger partial charge in [0.1, 0.15) is 0 Å². The van der Waals surface area contributed by atoms with Crippen LogP contribution in [0.2, 0.25) is 0 Å². The Hall–Kier alpha value is -1.84. The SMILES string of the molecule is CCO.Nc1ccc2cccc3c2c1C=CC3N. The molecular weight excluding hydrogens is 224 g/mol. The molecular formula is C15H18N2O. The number of hydrogen-bond donors (Lipinski definition) is 3. The first-order chi connectivity index (χ1) is 8.69. The van der Waals surface area contributed by atoms with Gasteiger partial charge < -0.3 is 16.6 Å². The molecule has 3 rings (SSSR count). The highest BCUT2D eigenvalue weighted by Gasteiger charge is 2.15. The van der Waals surface area contributed by atoms with E-state index in [-0.39, 0.29) is 12.6 Å². The van der Waals surface area contributed by atoms with Crippen molar-refractivity contribution in [3.8, 4) is 0 Å². The van der Waals surface area contributed by atoms with Gasteiger partial charge in [0.2, 0.25) is 0 Å². The summed E-state index contributed by atoms with van der Waals surface area (Å²) < 4.78 is 0. The molecule has 2 aromatic carbocycles. The molecule has 0 bridgehead atoms. The van der Waals surface area contributed by atoms with Gasteiger partial charge in [-0.2, -0.15) is 0 Å². The van der Waals surface area contributed by atoms with Crippen LogP contribution in [-0.4, -0.2) is 11.7 Å². The largest absolute Gasteiger partial charge is 0.398 e. The first-order valence-corrected chi connectivity index (χ1v) is 6.04. The molecule has 5 N–H and O–H groups in total. The minimum atomic E-state index is -0.0111. The molecule has 2 aromatic rings. The Morgan fingerprint density at radius 3 is 2.67 bits per heavy atom. The smallest absolute Gasteiger partial charge is 0.0490 e. The molecule has 1 atom stereocenters. The van der Waals surface area contributed by atoms with E-state index in [0.29, 0.717) is 0 Å².